The number of ether oxygens (including phenoxy) is 1. The van der Waals surface area contributed by atoms with E-state index in [1.165, 1.54) is 6.42 Å². The molecule has 0 aromatic carbocycles. The van der Waals surface area contributed by atoms with Crippen LogP contribution in [0.3, 0.4) is 0 Å². The van der Waals surface area contributed by atoms with Crippen LogP contribution in [0, 0.1) is 5.92 Å². The third kappa shape index (κ3) is 3.00. The van der Waals surface area contributed by atoms with Crippen LogP contribution < -0.4 is 5.32 Å². The van der Waals surface area contributed by atoms with E-state index in [2.05, 4.69) is 17.3 Å². The monoisotopic (exact) mass is 257 g/mol. The molecule has 1 unspecified atom stereocenters. The van der Waals surface area contributed by atoms with Gasteiger partial charge in [0.1, 0.15) is 0 Å². The number of halogens is 1. The summed E-state index contributed by atoms with van der Waals surface area (Å²) in [5.74, 6) is 0.646. The highest BCUT2D eigenvalue weighted by Crippen LogP contribution is 2.21. The van der Waals surface area contributed by atoms with Crippen LogP contribution in [0.25, 0.3) is 0 Å². The van der Waals surface area contributed by atoms with E-state index < -0.39 is 0 Å². The second kappa shape index (κ2) is 5.85. The number of aryl methyl sites for hydroxylation is 2. The smallest absolute Gasteiger partial charge is 0.0900 e. The molecule has 1 atom stereocenters. The number of hydrogen-bond donors (Lipinski definition) is 1. The summed E-state index contributed by atoms with van der Waals surface area (Å²) < 4.78 is 7.57. The number of hydrogen-bond acceptors (Lipinski definition) is 3. The third-order valence-corrected chi connectivity index (χ3v) is 3.69. The normalized spacial score (nSPS) is 20.1. The molecule has 1 aromatic rings. The second-order valence-corrected chi connectivity index (χ2v) is 4.94. The zero-order chi connectivity index (χ0) is 12.3. The molecule has 2 heterocycles. The van der Waals surface area contributed by atoms with Crippen molar-refractivity contribution in [1.82, 2.24) is 15.1 Å². The van der Waals surface area contributed by atoms with E-state index in [9.17, 15) is 0 Å². The quantitative estimate of drug-likeness (QED) is 0.874. The lowest BCUT2D eigenvalue weighted by molar-refractivity contribution is 0.0882. The van der Waals surface area contributed by atoms with E-state index in [0.29, 0.717) is 12.5 Å². The van der Waals surface area contributed by atoms with Gasteiger partial charge >= 0.3 is 0 Å². The Bertz CT molecular complexity index is 372. The first kappa shape index (κ1) is 12.9. The molecule has 2 rings (SSSR count). The van der Waals surface area contributed by atoms with E-state index in [4.69, 9.17) is 16.3 Å². The van der Waals surface area contributed by atoms with Gasteiger partial charge in [0.05, 0.1) is 29.6 Å². The zero-order valence-corrected chi connectivity index (χ0v) is 11.3. The maximum Gasteiger partial charge on any atom is 0.0900 e. The van der Waals surface area contributed by atoms with Gasteiger partial charge in [-0.3, -0.25) is 4.68 Å². The van der Waals surface area contributed by atoms with Crippen molar-refractivity contribution in [2.45, 2.75) is 26.4 Å². The van der Waals surface area contributed by atoms with Crippen LogP contribution in [0.2, 0.25) is 5.02 Å². The van der Waals surface area contributed by atoms with Gasteiger partial charge in [-0.25, -0.2) is 0 Å². The third-order valence-electron chi connectivity index (χ3n) is 3.26. The number of nitrogens with one attached hydrogen (secondary N) is 1. The number of aromatic nitrogens is 2. The van der Waals surface area contributed by atoms with Gasteiger partial charge in [-0.2, -0.15) is 5.10 Å². The first-order valence-electron chi connectivity index (χ1n) is 6.21. The summed E-state index contributed by atoms with van der Waals surface area (Å²) in [5, 5.41) is 8.47. The topological polar surface area (TPSA) is 39.1 Å². The lowest BCUT2D eigenvalue weighted by Gasteiger charge is -2.09. The van der Waals surface area contributed by atoms with Crippen LogP contribution in [0.4, 0.5) is 0 Å². The molecule has 1 N–H and O–H groups in total. The molecule has 0 saturated carbocycles. The highest BCUT2D eigenvalue weighted by Gasteiger charge is 2.16. The Morgan fingerprint density at radius 3 is 3.00 bits per heavy atom. The molecule has 0 radical (unpaired) electrons. The van der Waals surface area contributed by atoms with Gasteiger partial charge in [-0.1, -0.05) is 18.5 Å². The molecule has 0 bridgehead atoms. The molecule has 1 aromatic heterocycles. The SMILES string of the molecule is CCc1nn(C)c(COCC2CCNC2)c1Cl. The van der Waals surface area contributed by atoms with Crippen molar-refractivity contribution >= 4 is 11.6 Å². The van der Waals surface area contributed by atoms with Crippen LogP contribution in [0.5, 0.6) is 0 Å². The fraction of sp³-hybridized carbons (Fsp3) is 0.750. The van der Waals surface area contributed by atoms with E-state index >= 15 is 0 Å². The van der Waals surface area contributed by atoms with E-state index in [-0.39, 0.29) is 0 Å². The summed E-state index contributed by atoms with van der Waals surface area (Å²) in [4.78, 5) is 0. The Balaban J connectivity index is 1.87. The number of rotatable bonds is 5. The molecule has 1 fully saturated rings. The van der Waals surface area contributed by atoms with Crippen molar-refractivity contribution in [3.63, 3.8) is 0 Å². The largest absolute Gasteiger partial charge is 0.375 e. The summed E-state index contributed by atoms with van der Waals surface area (Å²) >= 11 is 6.25. The Morgan fingerprint density at radius 1 is 1.59 bits per heavy atom. The fourth-order valence-electron chi connectivity index (χ4n) is 2.16. The van der Waals surface area contributed by atoms with Crippen LogP contribution in [-0.4, -0.2) is 29.5 Å². The van der Waals surface area contributed by atoms with Gasteiger partial charge in [0.2, 0.25) is 0 Å². The lowest BCUT2D eigenvalue weighted by atomic mass is 10.1. The van der Waals surface area contributed by atoms with Crippen LogP contribution in [0.15, 0.2) is 0 Å². The van der Waals surface area contributed by atoms with Gasteiger partial charge in [0.25, 0.3) is 0 Å². The molecule has 1 aliphatic heterocycles. The molecule has 96 valence electrons. The predicted molar refractivity (Wildman–Crippen MR) is 68.2 cm³/mol. The Morgan fingerprint density at radius 2 is 2.41 bits per heavy atom. The summed E-state index contributed by atoms with van der Waals surface area (Å²) in [6, 6.07) is 0. The van der Waals surface area contributed by atoms with Gasteiger partial charge in [0.15, 0.2) is 0 Å². The molecule has 0 spiro atoms. The lowest BCUT2D eigenvalue weighted by Crippen LogP contribution is -2.14. The van der Waals surface area contributed by atoms with Crippen LogP contribution >= 0.6 is 11.6 Å². The molecule has 0 aliphatic carbocycles. The highest BCUT2D eigenvalue weighted by atomic mass is 35.5. The molecular weight excluding hydrogens is 238 g/mol. The molecule has 4 nitrogen and oxygen atoms in total. The fourth-order valence-corrected chi connectivity index (χ4v) is 2.50. The summed E-state index contributed by atoms with van der Waals surface area (Å²) in [6.45, 7) is 5.59. The molecule has 1 aliphatic rings. The minimum atomic E-state index is 0.554. The van der Waals surface area contributed by atoms with Gasteiger partial charge in [0, 0.05) is 13.6 Å². The minimum absolute atomic E-state index is 0.554. The van der Waals surface area contributed by atoms with Gasteiger partial charge in [-0.05, 0) is 25.3 Å². The van der Waals surface area contributed by atoms with Crippen molar-refractivity contribution < 1.29 is 4.74 Å². The summed E-state index contributed by atoms with van der Waals surface area (Å²) in [5.41, 5.74) is 1.93. The van der Waals surface area contributed by atoms with Gasteiger partial charge < -0.3 is 10.1 Å². The standard InChI is InChI=1S/C12H20ClN3O/c1-3-10-12(13)11(16(2)15-10)8-17-7-9-4-5-14-6-9/h9,14H,3-8H2,1-2H3. The average Bonchev–Trinajstić information content (AvgIpc) is 2.91. The summed E-state index contributed by atoms with van der Waals surface area (Å²) in [7, 11) is 1.92. The van der Waals surface area contributed by atoms with Crippen LogP contribution in [0.1, 0.15) is 24.7 Å². The summed E-state index contributed by atoms with van der Waals surface area (Å²) in [6.07, 6.45) is 2.07. The first-order chi connectivity index (χ1) is 8.22. The van der Waals surface area contributed by atoms with Crippen molar-refractivity contribution in [2.24, 2.45) is 13.0 Å². The maximum absolute atomic E-state index is 6.25. The molecular formula is C12H20ClN3O. The predicted octanol–water partition coefficient (Wildman–Crippen LogP) is 1.76. The van der Waals surface area contributed by atoms with Crippen molar-refractivity contribution in [3.8, 4) is 0 Å². The molecule has 0 amide bonds. The van der Waals surface area contributed by atoms with Gasteiger partial charge in [-0.15, -0.1) is 0 Å². The Kier molecular flexibility index (Phi) is 4.42. The average molecular weight is 258 g/mol. The first-order valence-corrected chi connectivity index (χ1v) is 6.58. The Hall–Kier alpha value is -0.580. The van der Waals surface area contributed by atoms with Crippen molar-refractivity contribution in [3.05, 3.63) is 16.4 Å². The van der Waals surface area contributed by atoms with E-state index in [1.807, 2.05) is 11.7 Å². The van der Waals surface area contributed by atoms with Crippen molar-refractivity contribution in [1.29, 1.82) is 0 Å². The van der Waals surface area contributed by atoms with E-state index in [0.717, 1.165) is 42.5 Å². The maximum atomic E-state index is 6.25. The van der Waals surface area contributed by atoms with Crippen molar-refractivity contribution in [2.75, 3.05) is 19.7 Å². The Labute approximate surface area is 107 Å². The highest BCUT2D eigenvalue weighted by molar-refractivity contribution is 6.31. The van der Waals surface area contributed by atoms with E-state index in [1.54, 1.807) is 0 Å². The molecule has 1 saturated heterocycles. The van der Waals surface area contributed by atoms with Crippen LogP contribution in [-0.2, 0) is 24.8 Å². The number of nitrogens with zero attached hydrogens (tertiary/aromatic N) is 2. The molecule has 17 heavy (non-hydrogen) atoms. The minimum Gasteiger partial charge on any atom is -0.375 e. The zero-order valence-electron chi connectivity index (χ0n) is 10.5. The second-order valence-electron chi connectivity index (χ2n) is 4.56. The molecule has 5 heteroatoms.